The van der Waals surface area contributed by atoms with Gasteiger partial charge in [-0.25, -0.2) is 0 Å². The van der Waals surface area contributed by atoms with E-state index in [0.717, 1.165) is 44.7 Å². The molecule has 4 aliphatic carbocycles. The van der Waals surface area contributed by atoms with Crippen LogP contribution < -0.4 is 25.0 Å². The highest BCUT2D eigenvalue weighted by molar-refractivity contribution is 7.99. The van der Waals surface area contributed by atoms with Crippen LogP contribution in [-0.4, -0.2) is 33.0 Å². The number of thioether (sulfide) groups is 1. The molecule has 2 aromatic carbocycles. The second-order valence-corrected chi connectivity index (χ2v) is 12.6. The van der Waals surface area contributed by atoms with E-state index in [4.69, 9.17) is 14.2 Å². The number of benzene rings is 1. The number of fused-ring (bicyclic) bond motifs is 5. The molecule has 4 unspecified atom stereocenters. The van der Waals surface area contributed by atoms with Crippen molar-refractivity contribution in [3.8, 4) is 28.4 Å². The topological polar surface area (TPSA) is 73.9 Å². The molecule has 0 saturated heterocycles. The highest BCUT2D eigenvalue weighted by atomic mass is 32.2. The number of hydrogen-bond acceptors (Lipinski definition) is 6. The minimum Gasteiger partial charge on any atom is -0.493 e. The first-order chi connectivity index (χ1) is 18.2. The molecule has 38 heavy (non-hydrogen) atoms. The predicted octanol–water partition coefficient (Wildman–Crippen LogP) is 6.03. The number of hydrogen-bond donors (Lipinski definition) is 1. The van der Waals surface area contributed by atoms with Gasteiger partial charge < -0.3 is 19.5 Å². The number of amides is 1. The van der Waals surface area contributed by atoms with Gasteiger partial charge in [0, 0.05) is 18.2 Å². The summed E-state index contributed by atoms with van der Waals surface area (Å²) in [6.07, 6.45) is 5.23. The van der Waals surface area contributed by atoms with Gasteiger partial charge in [0.05, 0.1) is 32.3 Å². The molecule has 3 fully saturated rings. The predicted molar refractivity (Wildman–Crippen MR) is 152 cm³/mol. The summed E-state index contributed by atoms with van der Waals surface area (Å²) in [6.45, 7) is 6.35. The van der Waals surface area contributed by atoms with Crippen LogP contribution in [-0.2, 0) is 11.2 Å². The summed E-state index contributed by atoms with van der Waals surface area (Å²) in [7, 11) is 4.82. The summed E-state index contributed by atoms with van der Waals surface area (Å²) >= 11 is 1.68. The average Bonchev–Trinajstić information content (AvgIpc) is 3.14. The average molecular weight is 538 g/mol. The van der Waals surface area contributed by atoms with Gasteiger partial charge >= 0.3 is 0 Å². The quantitative estimate of drug-likeness (QED) is 0.435. The van der Waals surface area contributed by atoms with E-state index in [1.165, 1.54) is 26.2 Å². The van der Waals surface area contributed by atoms with Crippen molar-refractivity contribution in [2.24, 2.45) is 23.2 Å². The first-order valence-electron chi connectivity index (χ1n) is 13.6. The van der Waals surface area contributed by atoms with Crippen LogP contribution >= 0.6 is 11.8 Å². The molecule has 3 saturated carbocycles. The van der Waals surface area contributed by atoms with Crippen LogP contribution in [0.1, 0.15) is 63.6 Å². The summed E-state index contributed by atoms with van der Waals surface area (Å²) < 4.78 is 17.2. The Labute approximate surface area is 229 Å². The Balaban J connectivity index is 1.59. The third kappa shape index (κ3) is 4.57. The monoisotopic (exact) mass is 537 g/mol. The van der Waals surface area contributed by atoms with Gasteiger partial charge in [0.25, 0.3) is 0 Å². The lowest BCUT2D eigenvalue weighted by molar-refractivity contribution is -0.119. The maximum absolute atomic E-state index is 13.6. The Morgan fingerprint density at radius 3 is 2.45 bits per heavy atom. The standard InChI is InChI=1S/C31H39NO5S/c1-17(33)32-24-11-8-18-13-26(35-4)29(36-5)30(37-6)28(18)21-10-12-27(25(34)15-22(21)24)38-16-19-7-9-20-14-23(19)31(20,2)3/h10,12-13,15,19-20,23-24H,7-9,11,14,16H2,1-6H3,(H,32,33). The van der Waals surface area contributed by atoms with E-state index in [9.17, 15) is 9.59 Å². The fourth-order valence-electron chi connectivity index (χ4n) is 7.17. The van der Waals surface area contributed by atoms with Crippen molar-refractivity contribution in [1.82, 2.24) is 5.32 Å². The van der Waals surface area contributed by atoms with Crippen molar-refractivity contribution in [3.05, 3.63) is 45.6 Å². The van der Waals surface area contributed by atoms with Crippen LogP contribution in [0.4, 0.5) is 0 Å². The highest BCUT2D eigenvalue weighted by Crippen LogP contribution is 2.62. The van der Waals surface area contributed by atoms with Crippen LogP contribution in [0.2, 0.25) is 0 Å². The molecule has 2 aromatic rings. The van der Waals surface area contributed by atoms with Crippen molar-refractivity contribution in [3.63, 3.8) is 0 Å². The Morgan fingerprint density at radius 2 is 1.82 bits per heavy atom. The number of rotatable bonds is 7. The van der Waals surface area contributed by atoms with E-state index in [0.29, 0.717) is 41.4 Å². The van der Waals surface area contributed by atoms with Gasteiger partial charge in [0.2, 0.25) is 11.7 Å². The first-order valence-corrected chi connectivity index (χ1v) is 14.6. The highest BCUT2D eigenvalue weighted by Gasteiger charge is 2.53. The van der Waals surface area contributed by atoms with E-state index >= 15 is 0 Å². The first kappa shape index (κ1) is 26.9. The molecule has 4 atom stereocenters. The molecule has 0 aliphatic heterocycles. The lowest BCUT2D eigenvalue weighted by atomic mass is 9.46. The summed E-state index contributed by atoms with van der Waals surface area (Å²) in [5.74, 6) is 4.78. The van der Waals surface area contributed by atoms with E-state index in [1.807, 2.05) is 18.2 Å². The van der Waals surface area contributed by atoms with Crippen molar-refractivity contribution >= 4 is 17.7 Å². The summed E-state index contributed by atoms with van der Waals surface area (Å²) in [5.41, 5.74) is 4.02. The zero-order chi connectivity index (χ0) is 27.2. The van der Waals surface area contributed by atoms with Gasteiger partial charge in [-0.3, -0.25) is 9.59 Å². The molecule has 0 heterocycles. The summed E-state index contributed by atoms with van der Waals surface area (Å²) in [6, 6.07) is 7.40. The van der Waals surface area contributed by atoms with Gasteiger partial charge in [0.1, 0.15) is 0 Å². The number of nitrogens with one attached hydrogen (secondary N) is 1. The van der Waals surface area contributed by atoms with Gasteiger partial charge in [-0.15, -0.1) is 11.8 Å². The van der Waals surface area contributed by atoms with E-state index in [2.05, 4.69) is 19.2 Å². The third-order valence-corrected chi connectivity index (χ3v) is 10.6. The van der Waals surface area contributed by atoms with Gasteiger partial charge in [0.15, 0.2) is 16.9 Å². The molecule has 6 nitrogen and oxygen atoms in total. The van der Waals surface area contributed by atoms with Crippen molar-refractivity contribution in [1.29, 1.82) is 0 Å². The lowest BCUT2D eigenvalue weighted by Crippen LogP contribution is -2.52. The maximum atomic E-state index is 13.6. The van der Waals surface area contributed by atoms with Crippen LogP contribution in [0.3, 0.4) is 0 Å². The van der Waals surface area contributed by atoms with Crippen LogP contribution in [0.5, 0.6) is 17.2 Å². The SMILES string of the molecule is COc1cc2c(c(OC)c1OC)-c1ccc(SCC3CCC4CC3C4(C)C)c(=O)cc1C(NC(C)=O)CC2. The Morgan fingerprint density at radius 1 is 1.05 bits per heavy atom. The lowest BCUT2D eigenvalue weighted by Gasteiger charge is -2.60. The van der Waals surface area contributed by atoms with E-state index in [-0.39, 0.29) is 17.4 Å². The molecule has 4 aliphatic rings. The maximum Gasteiger partial charge on any atom is 0.217 e. The Kier molecular flexibility index (Phi) is 7.42. The summed E-state index contributed by atoms with van der Waals surface area (Å²) in [5, 5.41) is 3.08. The normalized spacial score (nSPS) is 24.7. The minimum absolute atomic E-state index is 0.00366. The number of aryl methyl sites for hydroxylation is 1. The van der Waals surface area contributed by atoms with E-state index < -0.39 is 0 Å². The van der Waals surface area contributed by atoms with Crippen molar-refractivity contribution < 1.29 is 19.0 Å². The molecular weight excluding hydrogens is 498 g/mol. The molecule has 0 radical (unpaired) electrons. The van der Waals surface area contributed by atoms with Gasteiger partial charge in [-0.2, -0.15) is 0 Å². The molecule has 1 amide bonds. The Hall–Kier alpha value is -2.67. The molecule has 2 bridgehead atoms. The second-order valence-electron chi connectivity index (χ2n) is 11.6. The second kappa shape index (κ2) is 10.5. The number of methoxy groups -OCH3 is 3. The molecule has 0 spiro atoms. The minimum atomic E-state index is -0.291. The molecule has 7 heteroatoms. The van der Waals surface area contributed by atoms with Crippen LogP contribution in [0, 0.1) is 23.2 Å². The van der Waals surface area contributed by atoms with Crippen molar-refractivity contribution in [2.45, 2.75) is 63.8 Å². The molecule has 1 N–H and O–H groups in total. The largest absolute Gasteiger partial charge is 0.493 e. The zero-order valence-corrected chi connectivity index (χ0v) is 24.1. The van der Waals surface area contributed by atoms with Gasteiger partial charge in [-0.1, -0.05) is 19.9 Å². The fraction of sp³-hybridized carbons (Fsp3) is 0.548. The third-order valence-electron chi connectivity index (χ3n) is 9.33. The zero-order valence-electron chi connectivity index (χ0n) is 23.3. The fourth-order valence-corrected chi connectivity index (χ4v) is 8.33. The van der Waals surface area contributed by atoms with Crippen LogP contribution in [0.15, 0.2) is 34.0 Å². The number of carbonyl (C=O) groups is 1. The van der Waals surface area contributed by atoms with Crippen LogP contribution in [0.25, 0.3) is 11.1 Å². The molecular formula is C31H39NO5S. The Bertz CT molecular complexity index is 1300. The molecule has 0 aromatic heterocycles. The molecule has 204 valence electrons. The molecule has 6 rings (SSSR count). The smallest absolute Gasteiger partial charge is 0.217 e. The summed E-state index contributed by atoms with van der Waals surface area (Å²) in [4.78, 5) is 26.5. The number of carbonyl (C=O) groups excluding carboxylic acids is 1. The van der Waals surface area contributed by atoms with E-state index in [1.54, 1.807) is 39.2 Å². The van der Waals surface area contributed by atoms with Gasteiger partial charge in [-0.05, 0) is 90.2 Å². The number of ether oxygens (including phenoxy) is 3. The van der Waals surface area contributed by atoms with Crippen molar-refractivity contribution in [2.75, 3.05) is 27.1 Å².